The van der Waals surface area contributed by atoms with E-state index in [-0.39, 0.29) is 16.7 Å². The van der Waals surface area contributed by atoms with Crippen molar-refractivity contribution in [1.82, 2.24) is 0 Å². The number of rotatable bonds is 1. The monoisotopic (exact) mass is 210 g/mol. The minimum Gasteiger partial charge on any atom is -0.478 e. The molecular formula is C10H2N4O2. The van der Waals surface area contributed by atoms with Gasteiger partial charge in [-0.05, 0) is 5.87 Å². The maximum Gasteiger partial charge on any atom is 0.338 e. The Kier molecular flexibility index (Phi) is 2.70. The molecule has 0 fully saturated rings. The van der Waals surface area contributed by atoms with E-state index in [1.54, 1.807) is 24.1 Å². The van der Waals surface area contributed by atoms with Crippen molar-refractivity contribution in [1.29, 1.82) is 21.2 Å². The van der Waals surface area contributed by atoms with E-state index in [1.807, 2.05) is 0 Å². The van der Waals surface area contributed by atoms with Gasteiger partial charge in [0.15, 0.2) is 0 Å². The first kappa shape index (κ1) is 10.9. The largest absolute Gasteiger partial charge is 0.478 e. The number of nitriles is 3. The molecule has 0 saturated heterocycles. The topological polar surface area (TPSA) is 133 Å². The predicted molar refractivity (Wildman–Crippen MR) is 49.8 cm³/mol. The number of allylic oxidation sites excluding steroid dienone is 3. The normalized spacial score (nSPS) is 13.9. The summed E-state index contributed by atoms with van der Waals surface area (Å²) in [6.45, 7) is 0. The van der Waals surface area contributed by atoms with Gasteiger partial charge in [-0.2, -0.15) is 15.8 Å². The first-order chi connectivity index (χ1) is 7.62. The zero-order chi connectivity index (χ0) is 12.3. The van der Waals surface area contributed by atoms with Crippen LogP contribution >= 0.6 is 0 Å². The molecule has 0 atom stereocenters. The van der Waals surface area contributed by atoms with Crippen LogP contribution in [0.3, 0.4) is 0 Å². The Labute approximate surface area is 89.8 Å². The van der Waals surface area contributed by atoms with Gasteiger partial charge in [0.1, 0.15) is 18.2 Å². The zero-order valence-corrected chi connectivity index (χ0v) is 7.70. The number of hydrogen-bond donors (Lipinski definition) is 2. The molecule has 1 rings (SSSR count). The molecule has 0 heterocycles. The van der Waals surface area contributed by atoms with Gasteiger partial charge in [0, 0.05) is 0 Å². The summed E-state index contributed by atoms with van der Waals surface area (Å²) >= 11 is 0. The fourth-order valence-electron chi connectivity index (χ4n) is 1.30. The summed E-state index contributed by atoms with van der Waals surface area (Å²) in [5.74, 6) is 0.302. The van der Waals surface area contributed by atoms with Crippen molar-refractivity contribution in [3.05, 3.63) is 27.9 Å². The van der Waals surface area contributed by atoms with Crippen LogP contribution in [0.2, 0.25) is 0 Å². The average Bonchev–Trinajstić information content (AvgIpc) is 2.60. The molecule has 6 nitrogen and oxygen atoms in total. The zero-order valence-electron chi connectivity index (χ0n) is 7.70. The predicted octanol–water partition coefficient (Wildman–Crippen LogP) is 0.423. The maximum absolute atomic E-state index is 10.9. The van der Waals surface area contributed by atoms with Crippen LogP contribution < -0.4 is 0 Å². The van der Waals surface area contributed by atoms with Gasteiger partial charge in [0.05, 0.1) is 27.9 Å². The Morgan fingerprint density at radius 2 is 1.56 bits per heavy atom. The van der Waals surface area contributed by atoms with Crippen molar-refractivity contribution in [3.8, 4) is 18.2 Å². The molecule has 16 heavy (non-hydrogen) atoms. The summed E-state index contributed by atoms with van der Waals surface area (Å²) in [5, 5.41) is 42.0. The fraction of sp³-hybridized carbons (Fsp3) is 0. The Morgan fingerprint density at radius 3 is 1.88 bits per heavy atom. The first-order valence-electron chi connectivity index (χ1n) is 3.85. The number of aliphatic carboxylic acids is 1. The molecule has 1 aliphatic rings. The molecule has 0 amide bonds. The molecule has 74 valence electrons. The lowest BCUT2D eigenvalue weighted by atomic mass is 10.1. The van der Waals surface area contributed by atoms with Crippen molar-refractivity contribution in [3.63, 3.8) is 0 Å². The first-order valence-corrected chi connectivity index (χ1v) is 3.85. The highest BCUT2D eigenvalue weighted by Crippen LogP contribution is 2.34. The molecule has 0 aromatic carbocycles. The standard InChI is InChI=1S/C10H2N4O2/c11-1-5-6(2-12)8(4-14)9(10(15)16)7(5)3-13/h13H,(H,15,16). The SMILES string of the molecule is N#CC1=C(C#N)C(C#N)=C(C(=O)O)C1=C=N. The molecule has 6 heteroatoms. The lowest BCUT2D eigenvalue weighted by Crippen LogP contribution is -2.04. The van der Waals surface area contributed by atoms with Gasteiger partial charge in [-0.3, -0.25) is 5.41 Å². The van der Waals surface area contributed by atoms with Crippen LogP contribution in [0.1, 0.15) is 0 Å². The Morgan fingerprint density at radius 1 is 1.06 bits per heavy atom. The van der Waals surface area contributed by atoms with Crippen LogP contribution in [0.15, 0.2) is 27.9 Å². The third-order valence-electron chi connectivity index (χ3n) is 1.92. The molecule has 0 aliphatic heterocycles. The number of carboxylic acid groups (broad SMARTS) is 1. The quantitative estimate of drug-likeness (QED) is 0.605. The second kappa shape index (κ2) is 3.94. The van der Waals surface area contributed by atoms with Crippen molar-refractivity contribution < 1.29 is 9.90 Å². The lowest BCUT2D eigenvalue weighted by molar-refractivity contribution is -0.132. The molecule has 0 aromatic heterocycles. The van der Waals surface area contributed by atoms with E-state index in [0.717, 1.165) is 0 Å². The second-order valence-corrected chi connectivity index (χ2v) is 2.64. The minimum absolute atomic E-state index is 0.300. The highest BCUT2D eigenvalue weighted by Gasteiger charge is 2.34. The molecule has 0 aromatic rings. The van der Waals surface area contributed by atoms with Gasteiger partial charge in [0.25, 0.3) is 0 Å². The smallest absolute Gasteiger partial charge is 0.338 e. The lowest BCUT2D eigenvalue weighted by Gasteiger charge is -1.95. The third-order valence-corrected chi connectivity index (χ3v) is 1.92. The van der Waals surface area contributed by atoms with E-state index in [9.17, 15) is 4.79 Å². The number of carbonyl (C=O) groups is 1. The van der Waals surface area contributed by atoms with Crippen molar-refractivity contribution in [2.24, 2.45) is 0 Å². The van der Waals surface area contributed by atoms with E-state index in [0.29, 0.717) is 0 Å². The van der Waals surface area contributed by atoms with Crippen LogP contribution in [0.5, 0.6) is 0 Å². The molecule has 0 radical (unpaired) electrons. The van der Waals surface area contributed by atoms with Crippen LogP contribution in [0, 0.1) is 39.4 Å². The third kappa shape index (κ3) is 1.27. The molecule has 0 unspecified atom stereocenters. The van der Waals surface area contributed by atoms with E-state index in [1.165, 1.54) is 0 Å². The van der Waals surface area contributed by atoms with Gasteiger partial charge in [0.2, 0.25) is 0 Å². The van der Waals surface area contributed by atoms with Gasteiger partial charge in [-0.15, -0.1) is 0 Å². The van der Waals surface area contributed by atoms with Crippen molar-refractivity contribution in [2.45, 2.75) is 0 Å². The molecule has 0 spiro atoms. The Bertz CT molecular complexity index is 625. The molecule has 0 saturated carbocycles. The summed E-state index contributed by atoms with van der Waals surface area (Å²) in [6.07, 6.45) is 0. The summed E-state index contributed by atoms with van der Waals surface area (Å²) in [7, 11) is 0. The van der Waals surface area contributed by atoms with Crippen molar-refractivity contribution in [2.75, 3.05) is 0 Å². The number of nitrogens with zero attached hydrogens (tertiary/aromatic N) is 3. The van der Waals surface area contributed by atoms with Crippen LogP contribution in [-0.2, 0) is 4.79 Å². The number of carboxylic acids is 1. The summed E-state index contributed by atoms with van der Waals surface area (Å²) in [5.41, 5.74) is -1.88. The second-order valence-electron chi connectivity index (χ2n) is 2.64. The van der Waals surface area contributed by atoms with Crippen LogP contribution in [0.25, 0.3) is 0 Å². The van der Waals surface area contributed by atoms with Gasteiger partial charge in [-0.1, -0.05) is 0 Å². The molecule has 1 aliphatic carbocycles. The molecular weight excluding hydrogens is 208 g/mol. The summed E-state index contributed by atoms with van der Waals surface area (Å²) in [6, 6.07) is 4.73. The van der Waals surface area contributed by atoms with Crippen LogP contribution in [0.4, 0.5) is 0 Å². The van der Waals surface area contributed by atoms with E-state index in [2.05, 4.69) is 0 Å². The van der Waals surface area contributed by atoms with Gasteiger partial charge in [-0.25, -0.2) is 4.79 Å². The summed E-state index contributed by atoms with van der Waals surface area (Å²) in [4.78, 5) is 10.9. The maximum atomic E-state index is 10.9. The molecule has 2 N–H and O–H groups in total. The van der Waals surface area contributed by atoms with E-state index < -0.39 is 17.1 Å². The number of nitrogens with one attached hydrogen (secondary N) is 1. The van der Waals surface area contributed by atoms with Crippen molar-refractivity contribution >= 4 is 11.8 Å². The minimum atomic E-state index is -1.47. The summed E-state index contributed by atoms with van der Waals surface area (Å²) < 4.78 is 0. The van der Waals surface area contributed by atoms with Crippen LogP contribution in [-0.4, -0.2) is 16.9 Å². The number of hydrogen-bond acceptors (Lipinski definition) is 5. The van der Waals surface area contributed by atoms with Gasteiger partial charge < -0.3 is 5.11 Å². The Hall–Kier alpha value is -3.13. The fourth-order valence-corrected chi connectivity index (χ4v) is 1.30. The highest BCUT2D eigenvalue weighted by molar-refractivity contribution is 6.04. The van der Waals surface area contributed by atoms with E-state index in [4.69, 9.17) is 26.3 Å². The average molecular weight is 210 g/mol. The molecule has 0 bridgehead atoms. The van der Waals surface area contributed by atoms with E-state index >= 15 is 0 Å². The Balaban J connectivity index is 3.76. The van der Waals surface area contributed by atoms with Gasteiger partial charge >= 0.3 is 5.97 Å². The highest BCUT2D eigenvalue weighted by atomic mass is 16.4.